The van der Waals surface area contributed by atoms with Gasteiger partial charge in [-0.2, -0.15) is 4.31 Å². The van der Waals surface area contributed by atoms with Crippen LogP contribution in [-0.2, 0) is 19.6 Å². The molecule has 2 aliphatic rings. The predicted octanol–water partition coefficient (Wildman–Crippen LogP) is 1.15. The van der Waals surface area contributed by atoms with Crippen LogP contribution in [0.1, 0.15) is 36.5 Å². The first-order valence-corrected chi connectivity index (χ1v) is 9.89. The number of esters is 1. The van der Waals surface area contributed by atoms with Crippen molar-refractivity contribution in [2.45, 2.75) is 37.1 Å². The lowest BCUT2D eigenvalue weighted by Crippen LogP contribution is -2.39. The molecule has 0 unspecified atom stereocenters. The molecule has 0 aromatic heterocycles. The highest BCUT2D eigenvalue weighted by Crippen LogP contribution is 2.24. The van der Waals surface area contributed by atoms with Crippen molar-refractivity contribution in [1.82, 2.24) is 9.62 Å². The summed E-state index contributed by atoms with van der Waals surface area (Å²) in [4.78, 5) is 23.9. The summed E-state index contributed by atoms with van der Waals surface area (Å²) in [6, 6.07) is 5.27. The molecule has 2 saturated heterocycles. The van der Waals surface area contributed by atoms with Crippen LogP contribution in [0, 0.1) is 5.92 Å². The molecule has 1 aromatic rings. The highest BCUT2D eigenvalue weighted by atomic mass is 32.2. The number of carbonyl (C=O) groups is 2. The molecule has 1 N–H and O–H groups in total. The second-order valence-corrected chi connectivity index (χ2v) is 8.56. The number of benzene rings is 1. The Bertz CT molecular complexity index is 777. The summed E-state index contributed by atoms with van der Waals surface area (Å²) in [5.74, 6) is -0.615. The quantitative estimate of drug-likeness (QED) is 0.807. The van der Waals surface area contributed by atoms with E-state index in [1.165, 1.54) is 22.5 Å². The van der Waals surface area contributed by atoms with Gasteiger partial charge in [0.2, 0.25) is 10.0 Å². The molecule has 2 atom stereocenters. The molecule has 0 saturated carbocycles. The third-order valence-corrected chi connectivity index (χ3v) is 6.46. The summed E-state index contributed by atoms with van der Waals surface area (Å²) in [6.45, 7) is 3.31. The molecule has 0 bridgehead atoms. The van der Waals surface area contributed by atoms with Gasteiger partial charge >= 0.3 is 5.97 Å². The number of amides is 1. The normalized spacial score (nSPS) is 24.8. The molecule has 136 valence electrons. The SMILES string of the molecule is C[C@H]1CCCN(S(=O)(=O)c2cccc(C(=O)N[C@@H]3CCOC3=O)c2)C1. The van der Waals surface area contributed by atoms with Gasteiger partial charge in [0.05, 0.1) is 11.5 Å². The van der Waals surface area contributed by atoms with E-state index in [1.807, 2.05) is 6.92 Å². The van der Waals surface area contributed by atoms with Gasteiger partial charge in [-0.05, 0) is 37.0 Å². The number of ether oxygens (including phenoxy) is 1. The molecule has 3 rings (SSSR count). The Hall–Kier alpha value is -1.93. The number of carbonyl (C=O) groups excluding carboxylic acids is 2. The predicted molar refractivity (Wildman–Crippen MR) is 90.4 cm³/mol. The Morgan fingerprint density at radius 2 is 2.12 bits per heavy atom. The molecule has 0 spiro atoms. The summed E-state index contributed by atoms with van der Waals surface area (Å²) in [7, 11) is -3.63. The molecule has 7 nitrogen and oxygen atoms in total. The van der Waals surface area contributed by atoms with E-state index in [2.05, 4.69) is 5.32 Å². The van der Waals surface area contributed by atoms with Gasteiger partial charge < -0.3 is 10.1 Å². The zero-order valence-corrected chi connectivity index (χ0v) is 14.9. The third kappa shape index (κ3) is 3.85. The number of piperidine rings is 1. The monoisotopic (exact) mass is 366 g/mol. The lowest BCUT2D eigenvalue weighted by Gasteiger charge is -2.30. The average Bonchev–Trinajstić information content (AvgIpc) is 3.00. The van der Waals surface area contributed by atoms with Gasteiger partial charge in [0.1, 0.15) is 6.04 Å². The Labute approximate surface area is 147 Å². The van der Waals surface area contributed by atoms with Crippen LogP contribution in [0.2, 0.25) is 0 Å². The molecule has 0 radical (unpaired) electrons. The molecule has 1 amide bonds. The van der Waals surface area contributed by atoms with Gasteiger partial charge in [-0.15, -0.1) is 0 Å². The van der Waals surface area contributed by atoms with E-state index in [1.54, 1.807) is 6.07 Å². The second-order valence-electron chi connectivity index (χ2n) is 6.62. The lowest BCUT2D eigenvalue weighted by molar-refractivity contribution is -0.139. The summed E-state index contributed by atoms with van der Waals surface area (Å²) in [5.41, 5.74) is 0.214. The average molecular weight is 366 g/mol. The van der Waals surface area contributed by atoms with Crippen molar-refractivity contribution in [2.24, 2.45) is 5.92 Å². The van der Waals surface area contributed by atoms with Crippen LogP contribution < -0.4 is 5.32 Å². The first kappa shape index (κ1) is 17.9. The fourth-order valence-corrected chi connectivity index (χ4v) is 4.82. The minimum atomic E-state index is -3.63. The van der Waals surface area contributed by atoms with Crippen LogP contribution in [0.5, 0.6) is 0 Å². The maximum Gasteiger partial charge on any atom is 0.328 e. The van der Waals surface area contributed by atoms with E-state index in [-0.39, 0.29) is 17.1 Å². The topological polar surface area (TPSA) is 92.8 Å². The Morgan fingerprint density at radius 1 is 1.32 bits per heavy atom. The van der Waals surface area contributed by atoms with Crippen LogP contribution in [0.4, 0.5) is 0 Å². The van der Waals surface area contributed by atoms with Crippen molar-refractivity contribution >= 4 is 21.9 Å². The molecule has 1 aromatic carbocycles. The number of rotatable bonds is 4. The van der Waals surface area contributed by atoms with Gasteiger partial charge in [0, 0.05) is 25.1 Å². The summed E-state index contributed by atoms with van der Waals surface area (Å²) in [5, 5.41) is 2.59. The Morgan fingerprint density at radius 3 is 2.80 bits per heavy atom. The molecular formula is C17H22N2O5S. The van der Waals surface area contributed by atoms with Gasteiger partial charge in [0.15, 0.2) is 0 Å². The van der Waals surface area contributed by atoms with E-state index in [0.717, 1.165) is 12.8 Å². The Balaban J connectivity index is 1.78. The lowest BCUT2D eigenvalue weighted by atomic mass is 10.0. The number of sulfonamides is 1. The van der Waals surface area contributed by atoms with Crippen molar-refractivity contribution in [3.05, 3.63) is 29.8 Å². The molecule has 2 fully saturated rings. The Kier molecular flexibility index (Phi) is 5.10. The number of cyclic esters (lactones) is 1. The highest BCUT2D eigenvalue weighted by molar-refractivity contribution is 7.89. The largest absolute Gasteiger partial charge is 0.464 e. The van der Waals surface area contributed by atoms with Gasteiger partial charge in [-0.25, -0.2) is 13.2 Å². The first-order valence-electron chi connectivity index (χ1n) is 8.45. The standard InChI is InChI=1S/C17H22N2O5S/c1-12-4-3-8-19(11-12)25(22,23)14-6-2-5-13(10-14)16(20)18-15-7-9-24-17(15)21/h2,5-6,10,12,15H,3-4,7-9,11H2,1H3,(H,18,20)/t12-,15+/m0/s1. The van der Waals surface area contributed by atoms with Crippen LogP contribution in [0.15, 0.2) is 29.2 Å². The van der Waals surface area contributed by atoms with Crippen molar-refractivity contribution < 1.29 is 22.7 Å². The van der Waals surface area contributed by atoms with E-state index >= 15 is 0 Å². The van der Waals surface area contributed by atoms with E-state index in [0.29, 0.717) is 25.4 Å². The van der Waals surface area contributed by atoms with Crippen molar-refractivity contribution in [1.29, 1.82) is 0 Å². The van der Waals surface area contributed by atoms with Crippen molar-refractivity contribution in [3.63, 3.8) is 0 Å². The molecule has 25 heavy (non-hydrogen) atoms. The third-order valence-electron chi connectivity index (χ3n) is 4.59. The molecular weight excluding hydrogens is 344 g/mol. The summed E-state index contributed by atoms with van der Waals surface area (Å²) >= 11 is 0. The van der Waals surface area contributed by atoms with Gasteiger partial charge in [-0.1, -0.05) is 13.0 Å². The molecule has 2 heterocycles. The summed E-state index contributed by atoms with van der Waals surface area (Å²) < 4.78 is 31.9. The first-order chi connectivity index (χ1) is 11.9. The fraction of sp³-hybridized carbons (Fsp3) is 0.529. The minimum absolute atomic E-state index is 0.100. The maximum absolute atomic E-state index is 12.8. The molecule has 2 aliphatic heterocycles. The van der Waals surface area contributed by atoms with Crippen LogP contribution in [-0.4, -0.2) is 50.3 Å². The second kappa shape index (κ2) is 7.13. The number of hydrogen-bond donors (Lipinski definition) is 1. The minimum Gasteiger partial charge on any atom is -0.464 e. The number of nitrogens with zero attached hydrogens (tertiary/aromatic N) is 1. The zero-order chi connectivity index (χ0) is 18.0. The highest BCUT2D eigenvalue weighted by Gasteiger charge is 2.30. The van der Waals surface area contributed by atoms with Crippen molar-refractivity contribution in [3.8, 4) is 0 Å². The molecule has 0 aliphatic carbocycles. The smallest absolute Gasteiger partial charge is 0.328 e. The zero-order valence-electron chi connectivity index (χ0n) is 14.1. The van der Waals surface area contributed by atoms with Gasteiger partial charge in [0.25, 0.3) is 5.91 Å². The van der Waals surface area contributed by atoms with Crippen LogP contribution in [0.25, 0.3) is 0 Å². The van der Waals surface area contributed by atoms with Gasteiger partial charge in [-0.3, -0.25) is 4.79 Å². The molecule has 8 heteroatoms. The van der Waals surface area contributed by atoms with Crippen LogP contribution >= 0.6 is 0 Å². The van der Waals surface area contributed by atoms with E-state index < -0.39 is 27.9 Å². The van der Waals surface area contributed by atoms with E-state index in [9.17, 15) is 18.0 Å². The number of nitrogens with one attached hydrogen (secondary N) is 1. The maximum atomic E-state index is 12.8. The summed E-state index contributed by atoms with van der Waals surface area (Å²) in [6.07, 6.45) is 2.28. The van der Waals surface area contributed by atoms with E-state index in [4.69, 9.17) is 4.74 Å². The van der Waals surface area contributed by atoms with Crippen LogP contribution in [0.3, 0.4) is 0 Å². The number of hydrogen-bond acceptors (Lipinski definition) is 5. The fourth-order valence-electron chi connectivity index (χ4n) is 3.18. The van der Waals surface area contributed by atoms with Crippen molar-refractivity contribution in [2.75, 3.05) is 19.7 Å².